The summed E-state index contributed by atoms with van der Waals surface area (Å²) in [4.78, 5) is 12.2. The Hall–Kier alpha value is -1.31. The number of nitrogens with one attached hydrogen (secondary N) is 1. The molecule has 1 spiro atoms. The monoisotopic (exact) mass is 229 g/mol. The third-order valence-corrected chi connectivity index (χ3v) is 4.65. The molecule has 1 aliphatic carbocycles. The van der Waals surface area contributed by atoms with Gasteiger partial charge < -0.3 is 5.32 Å². The highest BCUT2D eigenvalue weighted by atomic mass is 16.2. The zero-order valence-corrected chi connectivity index (χ0v) is 10.3. The van der Waals surface area contributed by atoms with Gasteiger partial charge in [0.05, 0.1) is 5.41 Å². The second-order valence-corrected chi connectivity index (χ2v) is 5.48. The zero-order chi connectivity index (χ0) is 11.9. The summed E-state index contributed by atoms with van der Waals surface area (Å²) in [5, 5.41) is 3.09. The minimum Gasteiger partial charge on any atom is -0.355 e. The van der Waals surface area contributed by atoms with Crippen LogP contribution in [0.15, 0.2) is 24.3 Å². The summed E-state index contributed by atoms with van der Waals surface area (Å²) in [5.74, 6) is 0.682. The van der Waals surface area contributed by atoms with E-state index in [4.69, 9.17) is 0 Å². The van der Waals surface area contributed by atoms with E-state index in [0.717, 1.165) is 19.4 Å². The lowest BCUT2D eigenvalue weighted by Crippen LogP contribution is -2.31. The van der Waals surface area contributed by atoms with Crippen LogP contribution in [0.4, 0.5) is 0 Å². The molecule has 1 saturated carbocycles. The molecule has 0 aromatic heterocycles. The molecule has 1 aromatic rings. The first-order chi connectivity index (χ1) is 8.24. The van der Waals surface area contributed by atoms with E-state index in [2.05, 4.69) is 36.5 Å². The highest BCUT2D eigenvalue weighted by Crippen LogP contribution is 2.51. The predicted octanol–water partition coefficient (Wildman–Crippen LogP) is 2.77. The minimum absolute atomic E-state index is 0.0912. The van der Waals surface area contributed by atoms with Crippen molar-refractivity contribution in [2.45, 2.75) is 38.5 Å². The molecule has 0 unspecified atom stereocenters. The second kappa shape index (κ2) is 3.86. The summed E-state index contributed by atoms with van der Waals surface area (Å²) in [6.45, 7) is 2.98. The molecular weight excluding hydrogens is 210 g/mol. The van der Waals surface area contributed by atoms with Crippen LogP contribution in [-0.4, -0.2) is 12.5 Å². The van der Waals surface area contributed by atoms with Gasteiger partial charge in [-0.3, -0.25) is 4.79 Å². The normalized spacial score (nSPS) is 26.4. The van der Waals surface area contributed by atoms with E-state index >= 15 is 0 Å². The van der Waals surface area contributed by atoms with Crippen molar-refractivity contribution in [3.8, 4) is 0 Å². The van der Waals surface area contributed by atoms with E-state index < -0.39 is 0 Å². The van der Waals surface area contributed by atoms with Crippen molar-refractivity contribution >= 4 is 5.91 Å². The number of hydrogen-bond acceptors (Lipinski definition) is 1. The maximum absolute atomic E-state index is 12.2. The molecule has 1 atom stereocenters. The SMILES string of the molecule is Cc1ccccc1[C@H]1CNC(=O)C12CCCC2. The van der Waals surface area contributed by atoms with Gasteiger partial charge in [-0.25, -0.2) is 0 Å². The molecular formula is C15H19NO. The molecule has 1 amide bonds. The van der Waals surface area contributed by atoms with Crippen molar-refractivity contribution in [1.82, 2.24) is 5.32 Å². The smallest absolute Gasteiger partial charge is 0.226 e. The Morgan fingerprint density at radius 1 is 1.24 bits per heavy atom. The van der Waals surface area contributed by atoms with Crippen LogP contribution in [0.1, 0.15) is 42.7 Å². The highest BCUT2D eigenvalue weighted by Gasteiger charge is 2.52. The van der Waals surface area contributed by atoms with E-state index in [1.54, 1.807) is 0 Å². The Morgan fingerprint density at radius 3 is 2.65 bits per heavy atom. The maximum atomic E-state index is 12.2. The minimum atomic E-state index is -0.0912. The standard InChI is InChI=1S/C15H19NO/c1-11-6-2-3-7-12(11)13-10-16-14(17)15(13)8-4-5-9-15/h2-3,6-7,13H,4-5,8-10H2,1H3,(H,16,17)/t13-/m1/s1. The molecule has 1 aliphatic heterocycles. The van der Waals surface area contributed by atoms with Gasteiger partial charge in [0.1, 0.15) is 0 Å². The first-order valence-corrected chi connectivity index (χ1v) is 6.58. The number of benzene rings is 1. The Labute approximate surface area is 102 Å². The number of rotatable bonds is 1. The van der Waals surface area contributed by atoms with Crippen molar-refractivity contribution < 1.29 is 4.79 Å². The third kappa shape index (κ3) is 1.50. The molecule has 1 N–H and O–H groups in total. The van der Waals surface area contributed by atoms with Gasteiger partial charge in [-0.15, -0.1) is 0 Å². The summed E-state index contributed by atoms with van der Waals surface area (Å²) >= 11 is 0. The summed E-state index contributed by atoms with van der Waals surface area (Å²) in [6.07, 6.45) is 4.54. The number of hydrogen-bond donors (Lipinski definition) is 1. The highest BCUT2D eigenvalue weighted by molar-refractivity contribution is 5.86. The molecule has 1 saturated heterocycles. The average Bonchev–Trinajstić information content (AvgIpc) is 2.92. The molecule has 17 heavy (non-hydrogen) atoms. The van der Waals surface area contributed by atoms with E-state index in [1.165, 1.54) is 24.0 Å². The fourth-order valence-electron chi connectivity index (χ4n) is 3.69. The maximum Gasteiger partial charge on any atom is 0.226 e. The van der Waals surface area contributed by atoms with E-state index in [1.807, 2.05) is 0 Å². The molecule has 1 heterocycles. The third-order valence-electron chi connectivity index (χ3n) is 4.65. The largest absolute Gasteiger partial charge is 0.355 e. The van der Waals surface area contributed by atoms with Crippen molar-refractivity contribution in [3.05, 3.63) is 35.4 Å². The van der Waals surface area contributed by atoms with Gasteiger partial charge in [-0.1, -0.05) is 37.1 Å². The quantitative estimate of drug-likeness (QED) is 0.788. The first kappa shape index (κ1) is 10.8. The lowest BCUT2D eigenvalue weighted by atomic mass is 9.72. The summed E-state index contributed by atoms with van der Waals surface area (Å²) in [5.41, 5.74) is 2.60. The van der Waals surface area contributed by atoms with Gasteiger partial charge in [0.25, 0.3) is 0 Å². The molecule has 0 bridgehead atoms. The Bertz CT molecular complexity index is 446. The van der Waals surface area contributed by atoms with Gasteiger partial charge in [0, 0.05) is 12.5 Å². The molecule has 3 rings (SSSR count). The number of amides is 1. The summed E-state index contributed by atoms with van der Waals surface area (Å²) in [6, 6.07) is 8.51. The second-order valence-electron chi connectivity index (χ2n) is 5.48. The van der Waals surface area contributed by atoms with E-state index in [0.29, 0.717) is 11.8 Å². The Morgan fingerprint density at radius 2 is 1.94 bits per heavy atom. The number of carbonyl (C=O) groups is 1. The van der Waals surface area contributed by atoms with Gasteiger partial charge in [0.15, 0.2) is 0 Å². The van der Waals surface area contributed by atoms with Crippen LogP contribution >= 0.6 is 0 Å². The van der Waals surface area contributed by atoms with Crippen LogP contribution in [0.3, 0.4) is 0 Å². The molecule has 1 aromatic carbocycles. The Balaban J connectivity index is 2.03. The lowest BCUT2D eigenvalue weighted by Gasteiger charge is -2.28. The molecule has 2 fully saturated rings. The van der Waals surface area contributed by atoms with Crippen LogP contribution in [0.2, 0.25) is 0 Å². The van der Waals surface area contributed by atoms with Crippen LogP contribution in [0.5, 0.6) is 0 Å². The van der Waals surface area contributed by atoms with Gasteiger partial charge in [-0.2, -0.15) is 0 Å². The van der Waals surface area contributed by atoms with Crippen LogP contribution in [0, 0.1) is 12.3 Å². The van der Waals surface area contributed by atoms with Crippen molar-refractivity contribution in [2.75, 3.05) is 6.54 Å². The number of carbonyl (C=O) groups excluding carboxylic acids is 1. The fraction of sp³-hybridized carbons (Fsp3) is 0.533. The summed E-state index contributed by atoms with van der Waals surface area (Å²) < 4.78 is 0. The van der Waals surface area contributed by atoms with Crippen LogP contribution < -0.4 is 5.32 Å². The lowest BCUT2D eigenvalue weighted by molar-refractivity contribution is -0.127. The first-order valence-electron chi connectivity index (χ1n) is 6.58. The summed E-state index contributed by atoms with van der Waals surface area (Å²) in [7, 11) is 0. The van der Waals surface area contributed by atoms with Crippen LogP contribution in [-0.2, 0) is 4.79 Å². The molecule has 2 heteroatoms. The van der Waals surface area contributed by atoms with Gasteiger partial charge >= 0.3 is 0 Å². The fourth-order valence-corrected chi connectivity index (χ4v) is 3.69. The molecule has 2 aliphatic rings. The van der Waals surface area contributed by atoms with E-state index in [-0.39, 0.29) is 5.41 Å². The van der Waals surface area contributed by atoms with Gasteiger partial charge in [0.2, 0.25) is 5.91 Å². The zero-order valence-electron chi connectivity index (χ0n) is 10.3. The van der Waals surface area contributed by atoms with Crippen molar-refractivity contribution in [2.24, 2.45) is 5.41 Å². The van der Waals surface area contributed by atoms with Crippen molar-refractivity contribution in [1.29, 1.82) is 0 Å². The topological polar surface area (TPSA) is 29.1 Å². The van der Waals surface area contributed by atoms with Crippen molar-refractivity contribution in [3.63, 3.8) is 0 Å². The van der Waals surface area contributed by atoms with E-state index in [9.17, 15) is 4.79 Å². The molecule has 0 radical (unpaired) electrons. The van der Waals surface area contributed by atoms with Gasteiger partial charge in [-0.05, 0) is 30.9 Å². The number of aryl methyl sites for hydroxylation is 1. The Kier molecular flexibility index (Phi) is 2.46. The average molecular weight is 229 g/mol. The van der Waals surface area contributed by atoms with Crippen LogP contribution in [0.25, 0.3) is 0 Å². The molecule has 2 nitrogen and oxygen atoms in total. The molecule has 90 valence electrons. The predicted molar refractivity (Wildman–Crippen MR) is 67.8 cm³/mol.